The van der Waals surface area contributed by atoms with Gasteiger partial charge in [-0.25, -0.2) is 0 Å². The van der Waals surface area contributed by atoms with E-state index in [-0.39, 0.29) is 23.2 Å². The van der Waals surface area contributed by atoms with Crippen molar-refractivity contribution in [3.8, 4) is 5.75 Å². The lowest BCUT2D eigenvalue weighted by molar-refractivity contribution is -0.169. The molecule has 6 heteroatoms. The number of amides is 2. The van der Waals surface area contributed by atoms with Crippen molar-refractivity contribution in [1.82, 2.24) is 9.80 Å². The monoisotopic (exact) mass is 344 g/mol. The molecule has 0 saturated carbocycles. The average molecular weight is 344 g/mol. The maximum Gasteiger partial charge on any atom is 0.254 e. The van der Waals surface area contributed by atoms with E-state index in [1.54, 1.807) is 23.1 Å². The van der Waals surface area contributed by atoms with Crippen molar-refractivity contribution in [2.45, 2.75) is 31.3 Å². The summed E-state index contributed by atoms with van der Waals surface area (Å²) >= 11 is 0. The van der Waals surface area contributed by atoms with Gasteiger partial charge in [0.25, 0.3) is 5.91 Å². The quantitative estimate of drug-likeness (QED) is 0.905. The Hall–Kier alpha value is -2.08. The zero-order valence-electron chi connectivity index (χ0n) is 14.3. The molecule has 1 aromatic carbocycles. The van der Waals surface area contributed by atoms with Crippen molar-refractivity contribution in [3.05, 3.63) is 29.8 Å². The van der Waals surface area contributed by atoms with Crippen LogP contribution in [0.3, 0.4) is 0 Å². The molecule has 0 radical (unpaired) electrons. The number of hydrogen-bond acceptors (Lipinski definition) is 4. The highest BCUT2D eigenvalue weighted by molar-refractivity contribution is 5.95. The highest BCUT2D eigenvalue weighted by Crippen LogP contribution is 2.37. The fourth-order valence-corrected chi connectivity index (χ4v) is 4.13. The van der Waals surface area contributed by atoms with Crippen molar-refractivity contribution < 1.29 is 19.4 Å². The molecule has 134 valence electrons. The molecule has 1 atom stereocenters. The summed E-state index contributed by atoms with van der Waals surface area (Å²) in [7, 11) is 0. The Morgan fingerprint density at radius 2 is 2.20 bits per heavy atom. The summed E-state index contributed by atoms with van der Waals surface area (Å²) in [4.78, 5) is 27.9. The molecule has 3 aliphatic rings. The lowest BCUT2D eigenvalue weighted by Crippen LogP contribution is -2.66. The molecule has 1 spiro atoms. The first kappa shape index (κ1) is 16.4. The average Bonchev–Trinajstić information content (AvgIpc) is 2.98. The Bertz CT molecular complexity index is 674. The van der Waals surface area contributed by atoms with E-state index in [2.05, 4.69) is 0 Å². The van der Waals surface area contributed by atoms with E-state index in [1.165, 1.54) is 6.07 Å². The van der Waals surface area contributed by atoms with Crippen molar-refractivity contribution in [3.63, 3.8) is 0 Å². The van der Waals surface area contributed by atoms with Crippen molar-refractivity contribution in [2.75, 3.05) is 32.8 Å². The minimum absolute atomic E-state index is 0.0603. The number of aromatic hydroxyl groups is 1. The van der Waals surface area contributed by atoms with Gasteiger partial charge in [-0.2, -0.15) is 0 Å². The number of phenols is 1. The van der Waals surface area contributed by atoms with Crippen LogP contribution in [0.2, 0.25) is 0 Å². The highest BCUT2D eigenvalue weighted by atomic mass is 16.5. The molecule has 3 saturated heterocycles. The van der Waals surface area contributed by atoms with Gasteiger partial charge >= 0.3 is 0 Å². The van der Waals surface area contributed by atoms with Crippen molar-refractivity contribution >= 4 is 11.8 Å². The maximum atomic E-state index is 12.5. The Labute approximate surface area is 147 Å². The van der Waals surface area contributed by atoms with E-state index in [0.717, 1.165) is 32.4 Å². The molecule has 0 bridgehead atoms. The molecule has 25 heavy (non-hydrogen) atoms. The smallest absolute Gasteiger partial charge is 0.254 e. The molecular formula is C19H24N2O4. The third-order valence-electron chi connectivity index (χ3n) is 5.62. The number of hydrogen-bond donors (Lipinski definition) is 1. The van der Waals surface area contributed by atoms with Crippen LogP contribution in [0.1, 0.15) is 36.0 Å². The molecule has 6 nitrogen and oxygen atoms in total. The van der Waals surface area contributed by atoms with Crippen LogP contribution in [-0.4, -0.2) is 65.1 Å². The van der Waals surface area contributed by atoms with Crippen LogP contribution >= 0.6 is 0 Å². The van der Waals surface area contributed by atoms with Gasteiger partial charge in [-0.1, -0.05) is 6.07 Å². The van der Waals surface area contributed by atoms with Gasteiger partial charge in [0, 0.05) is 31.0 Å². The molecule has 1 unspecified atom stereocenters. The summed E-state index contributed by atoms with van der Waals surface area (Å²) < 4.78 is 6.12. The van der Waals surface area contributed by atoms with Gasteiger partial charge in [-0.05, 0) is 37.5 Å². The third kappa shape index (κ3) is 3.23. The Kier molecular flexibility index (Phi) is 4.15. The molecular weight excluding hydrogens is 320 g/mol. The van der Waals surface area contributed by atoms with Gasteiger partial charge in [0.15, 0.2) is 0 Å². The largest absolute Gasteiger partial charge is 0.508 e. The fraction of sp³-hybridized carbons (Fsp3) is 0.579. The number of nitrogens with zero attached hydrogens (tertiary/aromatic N) is 2. The van der Waals surface area contributed by atoms with Crippen LogP contribution in [0, 0.1) is 5.92 Å². The number of carbonyl (C=O) groups is 2. The van der Waals surface area contributed by atoms with E-state index in [4.69, 9.17) is 4.74 Å². The van der Waals surface area contributed by atoms with E-state index < -0.39 is 0 Å². The SMILES string of the molecule is O=C1CCCN1CC1CCC2(CN(C(=O)c3cccc(O)c3)C2)OC1. The number of phenolic OH excluding ortho intramolecular Hbond substituents is 1. The number of ether oxygens (including phenoxy) is 1. The molecule has 3 fully saturated rings. The zero-order chi connectivity index (χ0) is 17.4. The predicted octanol–water partition coefficient (Wildman–Crippen LogP) is 1.64. The molecule has 0 aromatic heterocycles. The Morgan fingerprint density at radius 1 is 1.36 bits per heavy atom. The minimum atomic E-state index is -0.210. The van der Waals surface area contributed by atoms with Crippen LogP contribution in [0.4, 0.5) is 0 Å². The first-order valence-electron chi connectivity index (χ1n) is 9.05. The van der Waals surface area contributed by atoms with Crippen molar-refractivity contribution in [2.24, 2.45) is 5.92 Å². The molecule has 1 aromatic rings. The van der Waals surface area contributed by atoms with Crippen LogP contribution in [-0.2, 0) is 9.53 Å². The standard InChI is InChI=1S/C19H24N2O4/c22-16-4-1-3-15(9-16)18(24)21-12-19(13-21)7-6-14(11-25-19)10-20-8-2-5-17(20)23/h1,3-4,9,14,22H,2,5-8,10-13H2. The van der Waals surface area contributed by atoms with Gasteiger partial charge in [-0.3, -0.25) is 9.59 Å². The van der Waals surface area contributed by atoms with Crippen LogP contribution in [0.5, 0.6) is 5.75 Å². The first-order valence-corrected chi connectivity index (χ1v) is 9.05. The second-order valence-corrected chi connectivity index (χ2v) is 7.55. The lowest BCUT2D eigenvalue weighted by Gasteiger charge is -2.53. The zero-order valence-corrected chi connectivity index (χ0v) is 14.3. The van der Waals surface area contributed by atoms with Gasteiger partial charge < -0.3 is 19.6 Å². The van der Waals surface area contributed by atoms with Crippen LogP contribution in [0.15, 0.2) is 24.3 Å². The van der Waals surface area contributed by atoms with E-state index in [1.807, 2.05) is 4.90 Å². The summed E-state index contributed by atoms with van der Waals surface area (Å²) in [6, 6.07) is 6.46. The number of rotatable bonds is 3. The van der Waals surface area contributed by atoms with Gasteiger partial charge in [0.05, 0.1) is 19.7 Å². The maximum absolute atomic E-state index is 12.5. The van der Waals surface area contributed by atoms with Gasteiger partial charge in [0.2, 0.25) is 5.91 Å². The number of likely N-dealkylation sites (tertiary alicyclic amines) is 2. The summed E-state index contributed by atoms with van der Waals surface area (Å²) in [6.45, 7) is 3.57. The normalized spacial score (nSPS) is 25.3. The minimum Gasteiger partial charge on any atom is -0.508 e. The molecule has 2 amide bonds. The molecule has 1 N–H and O–H groups in total. The molecule has 3 heterocycles. The fourth-order valence-electron chi connectivity index (χ4n) is 4.13. The molecule has 4 rings (SSSR count). The second kappa shape index (κ2) is 6.33. The number of carbonyl (C=O) groups excluding carboxylic acids is 2. The first-order chi connectivity index (χ1) is 12.0. The topological polar surface area (TPSA) is 70.1 Å². The number of benzene rings is 1. The van der Waals surface area contributed by atoms with Crippen molar-refractivity contribution in [1.29, 1.82) is 0 Å². The van der Waals surface area contributed by atoms with Gasteiger partial charge in [0.1, 0.15) is 11.4 Å². The third-order valence-corrected chi connectivity index (χ3v) is 5.62. The van der Waals surface area contributed by atoms with E-state index >= 15 is 0 Å². The lowest BCUT2D eigenvalue weighted by atomic mass is 9.82. The highest BCUT2D eigenvalue weighted by Gasteiger charge is 2.48. The van der Waals surface area contributed by atoms with Gasteiger partial charge in [-0.15, -0.1) is 0 Å². The molecule has 0 aliphatic carbocycles. The Morgan fingerprint density at radius 3 is 2.84 bits per heavy atom. The van der Waals surface area contributed by atoms with Crippen LogP contribution < -0.4 is 0 Å². The van der Waals surface area contributed by atoms with E-state index in [9.17, 15) is 14.7 Å². The summed E-state index contributed by atoms with van der Waals surface area (Å²) in [5.74, 6) is 0.722. The Balaban J connectivity index is 1.28. The van der Waals surface area contributed by atoms with E-state index in [0.29, 0.717) is 37.6 Å². The van der Waals surface area contributed by atoms with Crippen LogP contribution in [0.25, 0.3) is 0 Å². The summed E-state index contributed by atoms with van der Waals surface area (Å²) in [5.41, 5.74) is 0.300. The second-order valence-electron chi connectivity index (χ2n) is 7.55. The predicted molar refractivity (Wildman–Crippen MR) is 91.2 cm³/mol. The summed E-state index contributed by atoms with van der Waals surface area (Å²) in [5, 5.41) is 9.52. The molecule has 3 aliphatic heterocycles. The summed E-state index contributed by atoms with van der Waals surface area (Å²) in [6.07, 6.45) is 3.63.